The predicted octanol–water partition coefficient (Wildman–Crippen LogP) is 6.15. The van der Waals surface area contributed by atoms with E-state index < -0.39 is 0 Å². The van der Waals surface area contributed by atoms with Crippen LogP contribution in [0, 0.1) is 5.82 Å². The summed E-state index contributed by atoms with van der Waals surface area (Å²) in [5, 5.41) is 0. The quantitative estimate of drug-likeness (QED) is 0.319. The summed E-state index contributed by atoms with van der Waals surface area (Å²) in [7, 11) is 1.70. The molecule has 0 bridgehead atoms. The van der Waals surface area contributed by atoms with Crippen LogP contribution in [-0.4, -0.2) is 49.6 Å². The number of methoxy groups -OCH3 is 1. The molecule has 4 heteroatoms. The maximum Gasteiger partial charge on any atom is 0.123 e. The number of piperazine rings is 1. The molecule has 3 aromatic rings. The fourth-order valence-corrected chi connectivity index (χ4v) is 4.93. The summed E-state index contributed by atoms with van der Waals surface area (Å²) in [6.45, 7) is 5.43. The predicted molar refractivity (Wildman–Crippen MR) is 138 cm³/mol. The van der Waals surface area contributed by atoms with Crippen LogP contribution < -0.4 is 4.74 Å². The first kappa shape index (κ1) is 24.4. The highest BCUT2D eigenvalue weighted by Gasteiger charge is 2.24. The number of ether oxygens (including phenoxy) is 1. The zero-order valence-electron chi connectivity index (χ0n) is 20.3. The first-order chi connectivity index (χ1) is 16.7. The molecule has 0 spiro atoms. The molecule has 3 nitrogen and oxygen atoms in total. The number of halogens is 1. The largest absolute Gasteiger partial charge is 0.497 e. The molecule has 4 rings (SSSR count). The van der Waals surface area contributed by atoms with Gasteiger partial charge in [-0.25, -0.2) is 4.39 Å². The first-order valence-electron chi connectivity index (χ1n) is 12.6. The van der Waals surface area contributed by atoms with Gasteiger partial charge in [-0.05, 0) is 66.6 Å². The molecule has 1 unspecified atom stereocenters. The SMILES string of the molecule is COc1ccc(CCCCC(c2ccc(F)cc2)N2CCN(CCc3ccccc3)CC2)cc1. The Kier molecular flexibility index (Phi) is 9.12. The lowest BCUT2D eigenvalue weighted by atomic mass is 9.97. The van der Waals surface area contributed by atoms with Gasteiger partial charge in [0.15, 0.2) is 0 Å². The van der Waals surface area contributed by atoms with Gasteiger partial charge >= 0.3 is 0 Å². The van der Waals surface area contributed by atoms with Crippen molar-refractivity contribution in [1.82, 2.24) is 9.80 Å². The van der Waals surface area contributed by atoms with E-state index in [1.54, 1.807) is 19.2 Å². The molecule has 0 aliphatic carbocycles. The molecule has 1 fully saturated rings. The maximum absolute atomic E-state index is 13.6. The Labute approximate surface area is 204 Å². The van der Waals surface area contributed by atoms with Crippen LogP contribution in [0.25, 0.3) is 0 Å². The van der Waals surface area contributed by atoms with Gasteiger partial charge in [-0.3, -0.25) is 4.90 Å². The van der Waals surface area contributed by atoms with Gasteiger partial charge in [-0.2, -0.15) is 0 Å². The summed E-state index contributed by atoms with van der Waals surface area (Å²) in [5.74, 6) is 0.746. The van der Waals surface area contributed by atoms with Gasteiger partial charge < -0.3 is 9.64 Å². The van der Waals surface area contributed by atoms with Gasteiger partial charge in [0, 0.05) is 38.8 Å². The molecule has 0 aromatic heterocycles. The van der Waals surface area contributed by atoms with E-state index in [4.69, 9.17) is 4.74 Å². The lowest BCUT2D eigenvalue weighted by Crippen LogP contribution is -2.48. The van der Waals surface area contributed by atoms with Gasteiger partial charge in [0.2, 0.25) is 0 Å². The Balaban J connectivity index is 1.29. The van der Waals surface area contributed by atoms with Crippen molar-refractivity contribution in [2.75, 3.05) is 39.8 Å². The fourth-order valence-electron chi connectivity index (χ4n) is 4.93. The topological polar surface area (TPSA) is 15.7 Å². The van der Waals surface area contributed by atoms with Crippen LogP contribution in [0.3, 0.4) is 0 Å². The third-order valence-electron chi connectivity index (χ3n) is 7.01. The molecule has 1 atom stereocenters. The van der Waals surface area contributed by atoms with E-state index in [1.165, 1.54) is 16.7 Å². The van der Waals surface area contributed by atoms with Crippen LogP contribution in [0.2, 0.25) is 0 Å². The number of nitrogens with zero attached hydrogens (tertiary/aromatic N) is 2. The Morgan fingerprint density at radius 1 is 0.765 bits per heavy atom. The van der Waals surface area contributed by atoms with E-state index in [-0.39, 0.29) is 5.82 Å². The molecule has 1 saturated heterocycles. The van der Waals surface area contributed by atoms with E-state index in [2.05, 4.69) is 52.3 Å². The fraction of sp³-hybridized carbons (Fsp3) is 0.400. The second-order valence-corrected chi connectivity index (χ2v) is 9.27. The van der Waals surface area contributed by atoms with E-state index in [0.717, 1.165) is 70.6 Å². The lowest BCUT2D eigenvalue weighted by Gasteiger charge is -2.39. The highest BCUT2D eigenvalue weighted by Crippen LogP contribution is 2.28. The number of unbranched alkanes of at least 4 members (excludes halogenated alkanes) is 1. The second kappa shape index (κ2) is 12.7. The minimum absolute atomic E-state index is 0.160. The Bertz CT molecular complexity index is 967. The van der Waals surface area contributed by atoms with Gasteiger partial charge in [0.1, 0.15) is 11.6 Å². The molecule has 3 aromatic carbocycles. The number of hydrogen-bond acceptors (Lipinski definition) is 3. The minimum atomic E-state index is -0.160. The van der Waals surface area contributed by atoms with Gasteiger partial charge in [0.05, 0.1) is 7.11 Å². The standard InChI is InChI=1S/C30H37FN2O/c1-34-29-17-11-26(12-18-29)9-5-6-10-30(27-13-15-28(31)16-14-27)33-23-21-32(22-24-33)20-19-25-7-3-2-4-8-25/h2-4,7-8,11-18,30H,5-6,9-10,19-24H2,1H3. The van der Waals surface area contributed by atoms with Crippen molar-refractivity contribution in [3.05, 3.63) is 101 Å². The highest BCUT2D eigenvalue weighted by molar-refractivity contribution is 5.27. The molecular weight excluding hydrogens is 423 g/mol. The summed E-state index contributed by atoms with van der Waals surface area (Å²) >= 11 is 0. The van der Waals surface area contributed by atoms with Crippen LogP contribution in [0.15, 0.2) is 78.9 Å². The lowest BCUT2D eigenvalue weighted by molar-refractivity contribution is 0.0912. The Hall–Kier alpha value is -2.69. The van der Waals surface area contributed by atoms with Gasteiger partial charge in [0.25, 0.3) is 0 Å². The smallest absolute Gasteiger partial charge is 0.123 e. The number of benzene rings is 3. The average Bonchev–Trinajstić information content (AvgIpc) is 2.90. The zero-order valence-corrected chi connectivity index (χ0v) is 20.3. The first-order valence-corrected chi connectivity index (χ1v) is 12.6. The third kappa shape index (κ3) is 7.15. The monoisotopic (exact) mass is 460 g/mol. The number of hydrogen-bond donors (Lipinski definition) is 0. The van der Waals surface area contributed by atoms with Crippen LogP contribution in [0.1, 0.15) is 42.0 Å². The van der Waals surface area contributed by atoms with Crippen molar-refractivity contribution in [1.29, 1.82) is 0 Å². The molecule has 0 radical (unpaired) electrons. The van der Waals surface area contributed by atoms with Crippen molar-refractivity contribution in [2.24, 2.45) is 0 Å². The molecule has 0 amide bonds. The van der Waals surface area contributed by atoms with E-state index >= 15 is 0 Å². The molecular formula is C30H37FN2O. The normalized spacial score (nSPS) is 15.8. The average molecular weight is 461 g/mol. The maximum atomic E-state index is 13.6. The molecule has 0 saturated carbocycles. The number of aryl methyl sites for hydroxylation is 1. The van der Waals surface area contributed by atoms with Crippen molar-refractivity contribution in [3.63, 3.8) is 0 Å². The molecule has 1 aliphatic heterocycles. The molecule has 1 aliphatic rings. The summed E-state index contributed by atoms with van der Waals surface area (Å²) in [6, 6.07) is 26.7. The molecule has 180 valence electrons. The van der Waals surface area contributed by atoms with Crippen molar-refractivity contribution in [3.8, 4) is 5.75 Å². The van der Waals surface area contributed by atoms with Crippen LogP contribution in [-0.2, 0) is 12.8 Å². The van der Waals surface area contributed by atoms with Crippen molar-refractivity contribution < 1.29 is 9.13 Å². The minimum Gasteiger partial charge on any atom is -0.497 e. The Morgan fingerprint density at radius 3 is 2.12 bits per heavy atom. The van der Waals surface area contributed by atoms with Gasteiger partial charge in [-0.1, -0.05) is 61.0 Å². The third-order valence-corrected chi connectivity index (χ3v) is 7.01. The van der Waals surface area contributed by atoms with Crippen LogP contribution >= 0.6 is 0 Å². The molecule has 0 N–H and O–H groups in total. The molecule has 34 heavy (non-hydrogen) atoms. The summed E-state index contributed by atoms with van der Waals surface area (Å²) < 4.78 is 18.8. The summed E-state index contributed by atoms with van der Waals surface area (Å²) in [5.41, 5.74) is 4.00. The summed E-state index contributed by atoms with van der Waals surface area (Å²) in [6.07, 6.45) is 5.59. The van der Waals surface area contributed by atoms with E-state index in [1.807, 2.05) is 24.3 Å². The Morgan fingerprint density at radius 2 is 1.44 bits per heavy atom. The highest BCUT2D eigenvalue weighted by atomic mass is 19.1. The second-order valence-electron chi connectivity index (χ2n) is 9.27. The van der Waals surface area contributed by atoms with Crippen LogP contribution in [0.4, 0.5) is 4.39 Å². The van der Waals surface area contributed by atoms with Gasteiger partial charge in [-0.15, -0.1) is 0 Å². The summed E-state index contributed by atoms with van der Waals surface area (Å²) in [4.78, 5) is 5.19. The zero-order chi connectivity index (χ0) is 23.6. The molecule has 1 heterocycles. The van der Waals surface area contributed by atoms with E-state index in [9.17, 15) is 4.39 Å². The van der Waals surface area contributed by atoms with E-state index in [0.29, 0.717) is 6.04 Å². The number of rotatable bonds is 11. The van der Waals surface area contributed by atoms with Crippen LogP contribution in [0.5, 0.6) is 5.75 Å². The van der Waals surface area contributed by atoms with Crippen molar-refractivity contribution in [2.45, 2.75) is 38.1 Å². The van der Waals surface area contributed by atoms with Crippen molar-refractivity contribution >= 4 is 0 Å².